The second kappa shape index (κ2) is 3.94. The van der Waals surface area contributed by atoms with Crippen molar-refractivity contribution in [3.8, 4) is 0 Å². The molecule has 0 spiro atoms. The van der Waals surface area contributed by atoms with E-state index in [-0.39, 0.29) is 0 Å². The molecule has 1 aliphatic rings. The summed E-state index contributed by atoms with van der Waals surface area (Å²) in [6.45, 7) is 0. The molecule has 0 aromatic carbocycles. The fraction of sp³-hybridized carbons (Fsp3) is 0.222. The van der Waals surface area contributed by atoms with Gasteiger partial charge in [0, 0.05) is 18.7 Å². The van der Waals surface area contributed by atoms with Crippen LogP contribution in [-0.2, 0) is 9.73 Å². The number of hydrogen-bond donors (Lipinski definition) is 0. The minimum atomic E-state index is -2.15. The summed E-state index contributed by atoms with van der Waals surface area (Å²) in [7, 11) is -0.568. The number of aromatic nitrogens is 2. The molecule has 0 bridgehead atoms. The Morgan fingerprint density at radius 1 is 1.67 bits per heavy atom. The fourth-order valence-corrected chi connectivity index (χ4v) is 2.68. The number of halogens is 1. The van der Waals surface area contributed by atoms with Gasteiger partial charge in [0.1, 0.15) is 0 Å². The molecule has 0 saturated heterocycles. The van der Waals surface area contributed by atoms with E-state index in [1.807, 2.05) is 12.3 Å². The first kappa shape index (κ1) is 10.6. The highest BCUT2D eigenvalue weighted by molar-refractivity contribution is 9.10. The first-order chi connectivity index (χ1) is 7.13. The van der Waals surface area contributed by atoms with Gasteiger partial charge in [-0.05, 0) is 28.1 Å². The number of nitrogens with zero attached hydrogens (tertiary/aromatic N) is 3. The summed E-state index contributed by atoms with van der Waals surface area (Å²) in [6.07, 6.45) is 7.24. The van der Waals surface area contributed by atoms with E-state index in [9.17, 15) is 4.21 Å². The topological polar surface area (TPSA) is 47.2 Å². The Morgan fingerprint density at radius 3 is 2.93 bits per heavy atom. The van der Waals surface area contributed by atoms with Crippen molar-refractivity contribution in [3.63, 3.8) is 0 Å². The molecule has 6 heteroatoms. The molecule has 1 aromatic rings. The van der Waals surface area contributed by atoms with E-state index in [1.54, 1.807) is 29.4 Å². The molecule has 2 heterocycles. The van der Waals surface area contributed by atoms with E-state index < -0.39 is 9.73 Å². The van der Waals surface area contributed by atoms with Crippen LogP contribution in [0.3, 0.4) is 0 Å². The molecule has 4 nitrogen and oxygen atoms in total. The maximum atomic E-state index is 11.8. The van der Waals surface area contributed by atoms with Crippen molar-refractivity contribution in [2.75, 3.05) is 12.8 Å². The van der Waals surface area contributed by atoms with Crippen LogP contribution in [0.5, 0.6) is 0 Å². The average Bonchev–Trinajstić information content (AvgIpc) is 2.66. The normalized spacial score (nSPS) is 25.1. The third kappa shape index (κ3) is 2.21. The quantitative estimate of drug-likeness (QED) is 0.794. The molecule has 1 atom stereocenters. The third-order valence-electron chi connectivity index (χ3n) is 2.11. The lowest BCUT2D eigenvalue weighted by Crippen LogP contribution is -2.07. The summed E-state index contributed by atoms with van der Waals surface area (Å²) in [6, 6.07) is 0. The second-order valence-corrected chi connectivity index (χ2v) is 6.34. The minimum absolute atomic E-state index is 0.451. The lowest BCUT2D eigenvalue weighted by Gasteiger charge is -2.09. The van der Waals surface area contributed by atoms with E-state index in [2.05, 4.69) is 25.4 Å². The zero-order valence-corrected chi connectivity index (χ0v) is 10.5. The molecule has 15 heavy (non-hydrogen) atoms. The maximum Gasteiger partial charge on any atom is 0.0718 e. The molecule has 0 radical (unpaired) electrons. The molecule has 0 amide bonds. The van der Waals surface area contributed by atoms with E-state index in [0.29, 0.717) is 5.75 Å². The van der Waals surface area contributed by atoms with Crippen molar-refractivity contribution < 1.29 is 4.21 Å². The van der Waals surface area contributed by atoms with Crippen LogP contribution >= 0.6 is 15.9 Å². The highest BCUT2D eigenvalue weighted by atomic mass is 79.9. The van der Waals surface area contributed by atoms with Crippen LogP contribution in [0.15, 0.2) is 38.8 Å². The molecule has 1 aromatic heterocycles. The smallest absolute Gasteiger partial charge is 0.0718 e. The Hall–Kier alpha value is -0.880. The van der Waals surface area contributed by atoms with E-state index in [0.717, 1.165) is 10.2 Å². The minimum Gasteiger partial charge on any atom is -0.245 e. The first-order valence-corrected chi connectivity index (χ1v) is 6.89. The van der Waals surface area contributed by atoms with Crippen molar-refractivity contribution in [1.82, 2.24) is 9.78 Å². The van der Waals surface area contributed by atoms with Crippen LogP contribution in [0.1, 0.15) is 0 Å². The van der Waals surface area contributed by atoms with Crippen LogP contribution in [0.2, 0.25) is 0 Å². The van der Waals surface area contributed by atoms with Crippen LogP contribution in [-0.4, -0.2) is 26.8 Å². The molecule has 1 unspecified atom stereocenters. The van der Waals surface area contributed by atoms with Gasteiger partial charge in [0.25, 0.3) is 0 Å². The Labute approximate surface area is 97.0 Å². The van der Waals surface area contributed by atoms with Gasteiger partial charge in [-0.3, -0.25) is 0 Å². The highest BCUT2D eigenvalue weighted by Gasteiger charge is 2.09. The standard InChI is InChI=1S/C9H10BrN3OS/c1-11-15(14)4-2-9(3-5-15)13-7-8(10)6-12-13/h2-4,6-7H,5H2,1H3. The van der Waals surface area contributed by atoms with Gasteiger partial charge in [-0.25, -0.2) is 13.3 Å². The number of allylic oxidation sites excluding steroid dienone is 2. The van der Waals surface area contributed by atoms with Gasteiger partial charge >= 0.3 is 0 Å². The van der Waals surface area contributed by atoms with Gasteiger partial charge in [0.15, 0.2) is 0 Å². The summed E-state index contributed by atoms with van der Waals surface area (Å²) >= 11 is 3.33. The molecule has 80 valence electrons. The molecule has 0 saturated carbocycles. The van der Waals surface area contributed by atoms with Gasteiger partial charge in [-0.1, -0.05) is 0 Å². The fourth-order valence-electron chi connectivity index (χ4n) is 1.25. The van der Waals surface area contributed by atoms with Crippen LogP contribution in [0, 0.1) is 0 Å². The lowest BCUT2D eigenvalue weighted by atomic mass is 10.4. The van der Waals surface area contributed by atoms with Gasteiger partial charge in [-0.2, -0.15) is 5.10 Å². The molecule has 2 rings (SSSR count). The van der Waals surface area contributed by atoms with E-state index in [1.165, 1.54) is 0 Å². The van der Waals surface area contributed by atoms with Gasteiger partial charge in [0.2, 0.25) is 0 Å². The lowest BCUT2D eigenvalue weighted by molar-refractivity contribution is 0.683. The summed E-state index contributed by atoms with van der Waals surface area (Å²) in [5, 5.41) is 5.79. The number of hydrogen-bond acceptors (Lipinski definition) is 3. The maximum absolute atomic E-state index is 11.8. The monoisotopic (exact) mass is 287 g/mol. The molecule has 1 aliphatic heterocycles. The zero-order chi connectivity index (χ0) is 10.9. The second-order valence-electron chi connectivity index (χ2n) is 3.07. The molecule has 0 aliphatic carbocycles. The van der Waals surface area contributed by atoms with Crippen molar-refractivity contribution in [1.29, 1.82) is 0 Å². The van der Waals surface area contributed by atoms with Crippen LogP contribution < -0.4 is 0 Å². The molecular formula is C9H10BrN3OS. The van der Waals surface area contributed by atoms with Crippen LogP contribution in [0.25, 0.3) is 5.70 Å². The Kier molecular flexibility index (Phi) is 2.79. The van der Waals surface area contributed by atoms with Crippen molar-refractivity contribution >= 4 is 31.4 Å². The highest BCUT2D eigenvalue weighted by Crippen LogP contribution is 2.17. The summed E-state index contributed by atoms with van der Waals surface area (Å²) in [5.41, 5.74) is 0.920. The zero-order valence-electron chi connectivity index (χ0n) is 8.13. The van der Waals surface area contributed by atoms with Gasteiger partial charge < -0.3 is 0 Å². The molecular weight excluding hydrogens is 278 g/mol. The van der Waals surface area contributed by atoms with Crippen molar-refractivity contribution in [2.24, 2.45) is 4.36 Å². The average molecular weight is 288 g/mol. The molecule has 0 N–H and O–H groups in total. The van der Waals surface area contributed by atoms with Crippen molar-refractivity contribution in [3.05, 3.63) is 34.4 Å². The van der Waals surface area contributed by atoms with Crippen molar-refractivity contribution in [2.45, 2.75) is 0 Å². The Bertz CT molecular complexity index is 549. The predicted octanol–water partition coefficient (Wildman–Crippen LogP) is 2.11. The summed E-state index contributed by atoms with van der Waals surface area (Å²) in [5.74, 6) is 0.451. The predicted molar refractivity (Wildman–Crippen MR) is 64.7 cm³/mol. The van der Waals surface area contributed by atoms with Crippen LogP contribution in [0.4, 0.5) is 0 Å². The largest absolute Gasteiger partial charge is 0.245 e. The van der Waals surface area contributed by atoms with E-state index >= 15 is 0 Å². The van der Waals surface area contributed by atoms with Gasteiger partial charge in [-0.15, -0.1) is 0 Å². The Balaban J connectivity index is 2.31. The van der Waals surface area contributed by atoms with Gasteiger partial charge in [0.05, 0.1) is 31.8 Å². The number of rotatable bonds is 1. The van der Waals surface area contributed by atoms with E-state index in [4.69, 9.17) is 0 Å². The Morgan fingerprint density at radius 2 is 2.47 bits per heavy atom. The summed E-state index contributed by atoms with van der Waals surface area (Å²) < 4.78 is 18.3. The molecule has 0 fully saturated rings. The summed E-state index contributed by atoms with van der Waals surface area (Å²) in [4.78, 5) is 0. The first-order valence-electron chi connectivity index (χ1n) is 4.35. The SMILES string of the molecule is CN=S1(=O)C=CC(n2cc(Br)cn2)=CC1. The third-order valence-corrected chi connectivity index (χ3v) is 4.34.